The second-order valence-corrected chi connectivity index (χ2v) is 8.43. The van der Waals surface area contributed by atoms with Gasteiger partial charge in [-0.2, -0.15) is 0 Å². The number of anilines is 1. The number of nitrogens with one attached hydrogen (secondary N) is 3. The molecular formula is C20H18Br2N4O3. The molecule has 0 radical (unpaired) electrons. The van der Waals surface area contributed by atoms with Gasteiger partial charge in [-0.05, 0) is 62.4 Å². The molecule has 0 fully saturated rings. The van der Waals surface area contributed by atoms with Crippen LogP contribution in [0.5, 0.6) is 0 Å². The SMILES string of the molecule is CC(C)NC(=O)C(=O)Nn1c(C(=O)Nc2ccc(Br)cc2)cc2cc(Br)ccc21. The summed E-state index contributed by atoms with van der Waals surface area (Å²) in [5, 5.41) is 6.05. The number of halogens is 2. The van der Waals surface area contributed by atoms with Crippen molar-refractivity contribution < 1.29 is 14.4 Å². The minimum Gasteiger partial charge on any atom is -0.346 e. The van der Waals surface area contributed by atoms with E-state index in [0.717, 1.165) is 14.3 Å². The average molecular weight is 522 g/mol. The molecule has 0 saturated heterocycles. The topological polar surface area (TPSA) is 92.2 Å². The van der Waals surface area contributed by atoms with Crippen LogP contribution >= 0.6 is 31.9 Å². The van der Waals surface area contributed by atoms with E-state index in [9.17, 15) is 14.4 Å². The number of hydrogen-bond donors (Lipinski definition) is 3. The Bertz CT molecular complexity index is 1090. The lowest BCUT2D eigenvalue weighted by Gasteiger charge is -2.13. The molecule has 29 heavy (non-hydrogen) atoms. The first-order valence-corrected chi connectivity index (χ1v) is 10.3. The number of carbonyl (C=O) groups excluding carboxylic acids is 3. The van der Waals surface area contributed by atoms with E-state index in [4.69, 9.17) is 0 Å². The maximum absolute atomic E-state index is 12.9. The summed E-state index contributed by atoms with van der Waals surface area (Å²) in [7, 11) is 0. The van der Waals surface area contributed by atoms with E-state index in [1.165, 1.54) is 4.68 Å². The van der Waals surface area contributed by atoms with E-state index < -0.39 is 17.7 Å². The number of fused-ring (bicyclic) bond motifs is 1. The van der Waals surface area contributed by atoms with Gasteiger partial charge >= 0.3 is 11.8 Å². The molecule has 0 unspecified atom stereocenters. The minimum atomic E-state index is -0.864. The van der Waals surface area contributed by atoms with Gasteiger partial charge in [0.05, 0.1) is 5.52 Å². The zero-order valence-electron chi connectivity index (χ0n) is 15.6. The van der Waals surface area contributed by atoms with E-state index in [-0.39, 0.29) is 11.7 Å². The number of rotatable bonds is 4. The highest BCUT2D eigenvalue weighted by molar-refractivity contribution is 9.10. The van der Waals surface area contributed by atoms with Gasteiger partial charge < -0.3 is 10.6 Å². The van der Waals surface area contributed by atoms with Crippen LogP contribution < -0.4 is 16.1 Å². The van der Waals surface area contributed by atoms with Gasteiger partial charge in [-0.25, -0.2) is 4.68 Å². The summed E-state index contributed by atoms with van der Waals surface area (Å²) in [6.07, 6.45) is 0. The average Bonchev–Trinajstić information content (AvgIpc) is 3.00. The summed E-state index contributed by atoms with van der Waals surface area (Å²) in [6, 6.07) is 13.9. The summed E-state index contributed by atoms with van der Waals surface area (Å²) in [5.41, 5.74) is 3.88. The van der Waals surface area contributed by atoms with E-state index >= 15 is 0 Å². The molecule has 0 atom stereocenters. The second-order valence-electron chi connectivity index (χ2n) is 6.60. The second kappa shape index (κ2) is 8.79. The molecule has 3 rings (SSSR count). The van der Waals surface area contributed by atoms with Gasteiger partial charge in [0.25, 0.3) is 5.91 Å². The van der Waals surface area contributed by atoms with Crippen LogP contribution in [-0.4, -0.2) is 28.4 Å². The lowest BCUT2D eigenvalue weighted by atomic mass is 10.2. The van der Waals surface area contributed by atoms with Crippen LogP contribution in [0.3, 0.4) is 0 Å². The van der Waals surface area contributed by atoms with Gasteiger partial charge in [-0.15, -0.1) is 0 Å². The Morgan fingerprint density at radius 1 is 0.897 bits per heavy atom. The molecule has 0 aliphatic carbocycles. The molecule has 0 aliphatic rings. The fourth-order valence-electron chi connectivity index (χ4n) is 2.68. The summed E-state index contributed by atoms with van der Waals surface area (Å²) in [6.45, 7) is 3.51. The maximum Gasteiger partial charge on any atom is 0.328 e. The van der Waals surface area contributed by atoms with E-state index in [1.54, 1.807) is 56.3 Å². The minimum absolute atomic E-state index is 0.187. The molecule has 3 aromatic rings. The molecule has 0 bridgehead atoms. The number of nitrogens with zero attached hydrogens (tertiary/aromatic N) is 1. The quantitative estimate of drug-likeness (QED) is 0.453. The smallest absolute Gasteiger partial charge is 0.328 e. The summed E-state index contributed by atoms with van der Waals surface area (Å²) < 4.78 is 3.03. The number of aromatic nitrogens is 1. The molecule has 1 heterocycles. The van der Waals surface area contributed by atoms with Gasteiger partial charge in [0.1, 0.15) is 5.69 Å². The Kier molecular flexibility index (Phi) is 6.39. The van der Waals surface area contributed by atoms with Crippen LogP contribution in [-0.2, 0) is 9.59 Å². The third-order valence-electron chi connectivity index (χ3n) is 3.94. The Labute approximate surface area is 184 Å². The molecular weight excluding hydrogens is 504 g/mol. The Morgan fingerprint density at radius 2 is 1.55 bits per heavy atom. The first kappa shape index (κ1) is 21.1. The predicted molar refractivity (Wildman–Crippen MR) is 119 cm³/mol. The fourth-order valence-corrected chi connectivity index (χ4v) is 3.33. The monoisotopic (exact) mass is 520 g/mol. The molecule has 0 saturated carbocycles. The van der Waals surface area contributed by atoms with Gasteiger partial charge in [0.2, 0.25) is 0 Å². The van der Waals surface area contributed by atoms with Crippen molar-refractivity contribution in [3.8, 4) is 0 Å². The number of hydrogen-bond acceptors (Lipinski definition) is 3. The highest BCUT2D eigenvalue weighted by atomic mass is 79.9. The Hall–Kier alpha value is -2.65. The van der Waals surface area contributed by atoms with Crippen LogP contribution in [0, 0.1) is 0 Å². The molecule has 7 nitrogen and oxygen atoms in total. The van der Waals surface area contributed by atoms with Crippen LogP contribution in [0.1, 0.15) is 24.3 Å². The molecule has 0 aliphatic heterocycles. The van der Waals surface area contributed by atoms with Gasteiger partial charge in [-0.1, -0.05) is 31.9 Å². The highest BCUT2D eigenvalue weighted by Gasteiger charge is 2.21. The first-order chi connectivity index (χ1) is 13.7. The Balaban J connectivity index is 1.96. The maximum atomic E-state index is 12.9. The van der Waals surface area contributed by atoms with Crippen LogP contribution in [0.15, 0.2) is 57.5 Å². The van der Waals surface area contributed by atoms with Gasteiger partial charge in [0.15, 0.2) is 0 Å². The number of benzene rings is 2. The van der Waals surface area contributed by atoms with Crippen molar-refractivity contribution in [1.82, 2.24) is 9.99 Å². The molecule has 2 aromatic carbocycles. The largest absolute Gasteiger partial charge is 0.346 e. The summed E-state index contributed by atoms with van der Waals surface area (Å²) in [4.78, 5) is 37.3. The first-order valence-electron chi connectivity index (χ1n) is 8.74. The van der Waals surface area contributed by atoms with Crippen LogP contribution in [0.4, 0.5) is 5.69 Å². The Morgan fingerprint density at radius 3 is 2.21 bits per heavy atom. The van der Waals surface area contributed by atoms with Crippen molar-refractivity contribution in [2.45, 2.75) is 19.9 Å². The third-order valence-corrected chi connectivity index (χ3v) is 4.96. The third kappa shape index (κ3) is 5.04. The lowest BCUT2D eigenvalue weighted by Crippen LogP contribution is -2.42. The van der Waals surface area contributed by atoms with Crippen molar-refractivity contribution in [1.29, 1.82) is 0 Å². The molecule has 1 aromatic heterocycles. The molecule has 3 amide bonds. The van der Waals surface area contributed by atoms with E-state index in [2.05, 4.69) is 47.9 Å². The van der Waals surface area contributed by atoms with Crippen molar-refractivity contribution in [2.24, 2.45) is 0 Å². The summed E-state index contributed by atoms with van der Waals surface area (Å²) >= 11 is 6.75. The van der Waals surface area contributed by atoms with Gasteiger partial charge in [0, 0.05) is 26.1 Å². The van der Waals surface area contributed by atoms with Crippen molar-refractivity contribution in [3.05, 3.63) is 63.2 Å². The zero-order valence-corrected chi connectivity index (χ0v) is 18.8. The normalized spacial score (nSPS) is 10.8. The van der Waals surface area contributed by atoms with Crippen molar-refractivity contribution in [3.63, 3.8) is 0 Å². The van der Waals surface area contributed by atoms with Crippen LogP contribution in [0.2, 0.25) is 0 Å². The number of carbonyl (C=O) groups is 3. The van der Waals surface area contributed by atoms with Crippen LogP contribution in [0.25, 0.3) is 10.9 Å². The number of amides is 3. The lowest BCUT2D eigenvalue weighted by molar-refractivity contribution is -0.137. The summed E-state index contributed by atoms with van der Waals surface area (Å²) in [5.74, 6) is -2.07. The van der Waals surface area contributed by atoms with Gasteiger partial charge in [-0.3, -0.25) is 19.8 Å². The van der Waals surface area contributed by atoms with Crippen molar-refractivity contribution in [2.75, 3.05) is 10.7 Å². The fraction of sp³-hybridized carbons (Fsp3) is 0.150. The highest BCUT2D eigenvalue weighted by Crippen LogP contribution is 2.24. The van der Waals surface area contributed by atoms with Crippen molar-refractivity contribution >= 4 is 66.2 Å². The molecule has 9 heteroatoms. The molecule has 0 spiro atoms. The molecule has 150 valence electrons. The van der Waals surface area contributed by atoms with E-state index in [1.807, 2.05) is 6.07 Å². The molecule has 3 N–H and O–H groups in total. The zero-order chi connectivity index (χ0) is 21.1. The standard InChI is InChI=1S/C20H18Br2N4O3/c1-11(2)23-19(28)20(29)25-26-16-8-5-14(22)9-12(16)10-17(26)18(27)24-15-6-3-13(21)4-7-15/h3-11H,1-2H3,(H,23,28)(H,24,27)(H,25,29). The predicted octanol–water partition coefficient (Wildman–Crippen LogP) is 4.01. The van der Waals surface area contributed by atoms with E-state index in [0.29, 0.717) is 11.2 Å².